The first-order chi connectivity index (χ1) is 8.30. The molecule has 1 aromatic rings. The maximum absolute atomic E-state index is 12.1. The molecule has 2 aliphatic carbocycles. The van der Waals surface area contributed by atoms with Gasteiger partial charge in [-0.05, 0) is 48.8 Å². The predicted molar refractivity (Wildman–Crippen MR) is 64.4 cm³/mol. The minimum absolute atomic E-state index is 0.0909. The van der Waals surface area contributed by atoms with E-state index in [1.165, 1.54) is 24.0 Å². The van der Waals surface area contributed by atoms with E-state index in [9.17, 15) is 4.79 Å². The van der Waals surface area contributed by atoms with Crippen LogP contribution < -0.4 is 0 Å². The summed E-state index contributed by atoms with van der Waals surface area (Å²) in [6, 6.07) is 8.23. The van der Waals surface area contributed by atoms with Crippen LogP contribution in [0.3, 0.4) is 0 Å². The highest BCUT2D eigenvalue weighted by Gasteiger charge is 2.51. The zero-order chi connectivity index (χ0) is 11.5. The summed E-state index contributed by atoms with van der Waals surface area (Å²) >= 11 is 0. The van der Waals surface area contributed by atoms with Crippen molar-refractivity contribution in [3.63, 3.8) is 0 Å². The summed E-state index contributed by atoms with van der Waals surface area (Å²) in [5.41, 5.74) is 4.31. The Bertz CT molecular complexity index is 548. The van der Waals surface area contributed by atoms with Gasteiger partial charge in [0.1, 0.15) is 5.60 Å². The van der Waals surface area contributed by atoms with Crippen LogP contribution in [0.2, 0.25) is 0 Å². The molecule has 1 heterocycles. The number of fused-ring (bicyclic) bond motifs is 3. The van der Waals surface area contributed by atoms with Crippen molar-refractivity contribution in [3.05, 3.63) is 41.0 Å². The summed E-state index contributed by atoms with van der Waals surface area (Å²) in [4.78, 5) is 12.1. The monoisotopic (exact) mass is 226 g/mol. The molecule has 0 radical (unpaired) electrons. The van der Waals surface area contributed by atoms with Gasteiger partial charge in [0.05, 0.1) is 5.57 Å². The van der Waals surface area contributed by atoms with Gasteiger partial charge in [-0.3, -0.25) is 0 Å². The lowest BCUT2D eigenvalue weighted by Crippen LogP contribution is -2.29. The highest BCUT2D eigenvalue weighted by atomic mass is 16.6. The van der Waals surface area contributed by atoms with Gasteiger partial charge in [0.25, 0.3) is 0 Å². The Balaban J connectivity index is 1.90. The minimum atomic E-state index is -0.231. The van der Waals surface area contributed by atoms with Gasteiger partial charge >= 0.3 is 5.97 Å². The van der Waals surface area contributed by atoms with Crippen LogP contribution in [0.25, 0.3) is 5.57 Å². The summed E-state index contributed by atoms with van der Waals surface area (Å²) in [5.74, 6) is -0.0909. The maximum atomic E-state index is 12.1. The van der Waals surface area contributed by atoms with E-state index in [0.717, 1.165) is 30.4 Å². The van der Waals surface area contributed by atoms with E-state index in [0.29, 0.717) is 0 Å². The van der Waals surface area contributed by atoms with E-state index >= 15 is 0 Å². The standard InChI is InChI=1S/C15H14O2/c16-14-13-11-6-2-1-5-10(11)9-12(13)15(17-14)7-3-4-8-15/h1-2,5-6H,3-4,7-9H2. The van der Waals surface area contributed by atoms with Crippen LogP contribution in [0, 0.1) is 0 Å². The molecule has 1 aromatic carbocycles. The Morgan fingerprint density at radius 2 is 1.88 bits per heavy atom. The molecule has 86 valence electrons. The Hall–Kier alpha value is -1.57. The molecule has 0 amide bonds. The molecule has 2 heteroatoms. The van der Waals surface area contributed by atoms with Crippen molar-refractivity contribution in [2.24, 2.45) is 0 Å². The van der Waals surface area contributed by atoms with E-state index in [4.69, 9.17) is 4.74 Å². The maximum Gasteiger partial charge on any atom is 0.339 e. The highest BCUT2D eigenvalue weighted by Crippen LogP contribution is 2.52. The fourth-order valence-corrected chi connectivity index (χ4v) is 3.62. The SMILES string of the molecule is O=C1OC2(CCCC2)C2=C1c1ccccc1C2. The summed E-state index contributed by atoms with van der Waals surface area (Å²) in [6.07, 6.45) is 5.31. The number of rotatable bonds is 0. The zero-order valence-electron chi connectivity index (χ0n) is 9.66. The van der Waals surface area contributed by atoms with Gasteiger partial charge in [-0.1, -0.05) is 24.3 Å². The normalized spacial score (nSPS) is 24.1. The molecule has 1 spiro atoms. The van der Waals surface area contributed by atoms with Gasteiger partial charge in [-0.2, -0.15) is 0 Å². The second-order valence-electron chi connectivity index (χ2n) is 5.28. The molecule has 1 aliphatic heterocycles. The summed E-state index contributed by atoms with van der Waals surface area (Å²) in [6.45, 7) is 0. The van der Waals surface area contributed by atoms with E-state index < -0.39 is 0 Å². The Kier molecular flexibility index (Phi) is 1.67. The number of carbonyl (C=O) groups is 1. The van der Waals surface area contributed by atoms with Crippen LogP contribution in [0.1, 0.15) is 36.8 Å². The van der Waals surface area contributed by atoms with Crippen molar-refractivity contribution in [2.45, 2.75) is 37.7 Å². The van der Waals surface area contributed by atoms with Crippen LogP contribution in [0.4, 0.5) is 0 Å². The fraction of sp³-hybridized carbons (Fsp3) is 0.400. The van der Waals surface area contributed by atoms with Crippen molar-refractivity contribution in [1.29, 1.82) is 0 Å². The minimum Gasteiger partial charge on any atom is -0.451 e. The molecule has 3 aliphatic rings. The number of ether oxygens (including phenoxy) is 1. The Morgan fingerprint density at radius 1 is 1.12 bits per heavy atom. The van der Waals surface area contributed by atoms with Crippen molar-refractivity contribution in [2.75, 3.05) is 0 Å². The number of carbonyl (C=O) groups excluding carboxylic acids is 1. The van der Waals surface area contributed by atoms with E-state index in [1.54, 1.807) is 0 Å². The summed E-state index contributed by atoms with van der Waals surface area (Å²) in [7, 11) is 0. The third-order valence-corrected chi connectivity index (χ3v) is 4.41. The van der Waals surface area contributed by atoms with Crippen LogP contribution in [-0.4, -0.2) is 11.6 Å². The molecular weight excluding hydrogens is 212 g/mol. The zero-order valence-corrected chi connectivity index (χ0v) is 9.66. The fourth-order valence-electron chi connectivity index (χ4n) is 3.62. The van der Waals surface area contributed by atoms with Gasteiger partial charge in [0, 0.05) is 0 Å². The Morgan fingerprint density at radius 3 is 2.71 bits per heavy atom. The summed E-state index contributed by atoms with van der Waals surface area (Å²) < 4.78 is 5.72. The lowest BCUT2D eigenvalue weighted by Gasteiger charge is -2.25. The third-order valence-electron chi connectivity index (χ3n) is 4.41. The van der Waals surface area contributed by atoms with Gasteiger partial charge < -0.3 is 4.74 Å². The van der Waals surface area contributed by atoms with E-state index in [2.05, 4.69) is 6.07 Å². The molecule has 1 saturated carbocycles. The molecular formula is C15H14O2. The Labute approximate surface area is 100 Å². The largest absolute Gasteiger partial charge is 0.451 e. The van der Waals surface area contributed by atoms with Crippen LogP contribution in [0.5, 0.6) is 0 Å². The van der Waals surface area contributed by atoms with Gasteiger partial charge in [0.2, 0.25) is 0 Å². The van der Waals surface area contributed by atoms with Crippen LogP contribution in [0.15, 0.2) is 29.8 Å². The van der Waals surface area contributed by atoms with E-state index in [1.807, 2.05) is 18.2 Å². The molecule has 1 fully saturated rings. The second kappa shape index (κ2) is 3.00. The topological polar surface area (TPSA) is 26.3 Å². The molecule has 2 nitrogen and oxygen atoms in total. The molecule has 0 atom stereocenters. The molecule has 0 N–H and O–H groups in total. The molecule has 0 aromatic heterocycles. The highest BCUT2D eigenvalue weighted by molar-refractivity contribution is 6.22. The quantitative estimate of drug-likeness (QED) is 0.636. The third kappa shape index (κ3) is 1.08. The van der Waals surface area contributed by atoms with Gasteiger partial charge in [-0.25, -0.2) is 4.79 Å². The van der Waals surface area contributed by atoms with Crippen molar-refractivity contribution >= 4 is 11.5 Å². The second-order valence-corrected chi connectivity index (χ2v) is 5.28. The van der Waals surface area contributed by atoms with Crippen LogP contribution in [-0.2, 0) is 16.0 Å². The molecule has 17 heavy (non-hydrogen) atoms. The smallest absolute Gasteiger partial charge is 0.339 e. The predicted octanol–water partition coefficient (Wildman–Crippen LogP) is 2.87. The molecule has 0 bridgehead atoms. The first kappa shape index (κ1) is 9.46. The summed E-state index contributed by atoms with van der Waals surface area (Å²) in [5, 5.41) is 0. The van der Waals surface area contributed by atoms with Gasteiger partial charge in [-0.15, -0.1) is 0 Å². The number of benzene rings is 1. The number of hydrogen-bond donors (Lipinski definition) is 0. The van der Waals surface area contributed by atoms with Crippen molar-refractivity contribution in [3.8, 4) is 0 Å². The average Bonchev–Trinajstić information content (AvgIpc) is 2.97. The van der Waals surface area contributed by atoms with Crippen molar-refractivity contribution in [1.82, 2.24) is 0 Å². The molecule has 0 unspecified atom stereocenters. The molecule has 4 rings (SSSR count). The molecule has 0 saturated heterocycles. The lowest BCUT2D eigenvalue weighted by atomic mass is 9.90. The lowest BCUT2D eigenvalue weighted by molar-refractivity contribution is -0.144. The first-order valence-corrected chi connectivity index (χ1v) is 6.35. The van der Waals surface area contributed by atoms with Crippen LogP contribution >= 0.6 is 0 Å². The van der Waals surface area contributed by atoms with Crippen molar-refractivity contribution < 1.29 is 9.53 Å². The van der Waals surface area contributed by atoms with E-state index in [-0.39, 0.29) is 11.6 Å². The first-order valence-electron chi connectivity index (χ1n) is 6.35. The average molecular weight is 226 g/mol. The number of esters is 1. The van der Waals surface area contributed by atoms with Gasteiger partial charge in [0.15, 0.2) is 0 Å². The number of hydrogen-bond acceptors (Lipinski definition) is 2.